The molecule has 0 spiro atoms. The fourth-order valence-corrected chi connectivity index (χ4v) is 4.05. The average Bonchev–Trinajstić information content (AvgIpc) is 2.83. The van der Waals surface area contributed by atoms with Crippen molar-refractivity contribution in [2.45, 2.75) is 52.0 Å². The Bertz CT molecular complexity index is 332. The first-order valence-corrected chi connectivity index (χ1v) is 7.72. The first-order chi connectivity index (χ1) is 8.19. The minimum Gasteiger partial charge on any atom is -0.305 e. The lowest BCUT2D eigenvalue weighted by Crippen LogP contribution is -2.50. The van der Waals surface area contributed by atoms with Gasteiger partial charge in [0.1, 0.15) is 5.01 Å². The number of aromatic nitrogens is 1. The van der Waals surface area contributed by atoms with Crippen LogP contribution in [0.4, 0.5) is 0 Å². The van der Waals surface area contributed by atoms with Crippen molar-refractivity contribution in [3.05, 3.63) is 16.6 Å². The molecule has 0 saturated heterocycles. The SMILES string of the molecule is CCCNC1(c2nccs2)CCC(C)CC1C. The van der Waals surface area contributed by atoms with E-state index in [0.717, 1.165) is 12.5 Å². The van der Waals surface area contributed by atoms with Crippen LogP contribution < -0.4 is 5.32 Å². The van der Waals surface area contributed by atoms with Crippen LogP contribution in [0.3, 0.4) is 0 Å². The fraction of sp³-hybridized carbons (Fsp3) is 0.786. The van der Waals surface area contributed by atoms with E-state index in [-0.39, 0.29) is 5.54 Å². The first-order valence-electron chi connectivity index (χ1n) is 6.84. The van der Waals surface area contributed by atoms with Crippen LogP contribution in [0.2, 0.25) is 0 Å². The minimum atomic E-state index is 0.149. The third-order valence-corrected chi connectivity index (χ3v) is 5.08. The highest BCUT2D eigenvalue weighted by atomic mass is 32.1. The van der Waals surface area contributed by atoms with Crippen molar-refractivity contribution in [1.82, 2.24) is 10.3 Å². The second-order valence-corrected chi connectivity index (χ2v) is 6.41. The van der Waals surface area contributed by atoms with E-state index in [1.54, 1.807) is 0 Å². The van der Waals surface area contributed by atoms with E-state index in [1.807, 2.05) is 17.5 Å². The highest BCUT2D eigenvalue weighted by molar-refractivity contribution is 7.09. The molecular weight excluding hydrogens is 228 g/mol. The minimum absolute atomic E-state index is 0.149. The Hall–Kier alpha value is -0.410. The van der Waals surface area contributed by atoms with Gasteiger partial charge in [-0.2, -0.15) is 0 Å². The first kappa shape index (κ1) is 13.0. The third kappa shape index (κ3) is 2.55. The van der Waals surface area contributed by atoms with E-state index in [2.05, 4.69) is 36.5 Å². The fourth-order valence-electron chi connectivity index (χ4n) is 3.09. The Morgan fingerprint density at radius 2 is 2.35 bits per heavy atom. The van der Waals surface area contributed by atoms with Crippen molar-refractivity contribution >= 4 is 11.3 Å². The van der Waals surface area contributed by atoms with Gasteiger partial charge in [-0.1, -0.05) is 20.8 Å². The van der Waals surface area contributed by atoms with Gasteiger partial charge >= 0.3 is 0 Å². The molecule has 2 rings (SSSR count). The molecule has 3 heteroatoms. The molecule has 96 valence electrons. The zero-order chi connectivity index (χ0) is 12.3. The summed E-state index contributed by atoms with van der Waals surface area (Å²) in [6.07, 6.45) is 7.01. The van der Waals surface area contributed by atoms with Gasteiger partial charge in [-0.3, -0.25) is 0 Å². The monoisotopic (exact) mass is 252 g/mol. The van der Waals surface area contributed by atoms with Crippen molar-refractivity contribution < 1.29 is 0 Å². The maximum absolute atomic E-state index is 4.60. The van der Waals surface area contributed by atoms with Crippen molar-refractivity contribution in [2.75, 3.05) is 6.54 Å². The van der Waals surface area contributed by atoms with Crippen LogP contribution in [0.5, 0.6) is 0 Å². The van der Waals surface area contributed by atoms with E-state index < -0.39 is 0 Å². The van der Waals surface area contributed by atoms with Crippen LogP contribution in [-0.2, 0) is 5.54 Å². The lowest BCUT2D eigenvalue weighted by atomic mass is 9.70. The van der Waals surface area contributed by atoms with Gasteiger partial charge in [-0.15, -0.1) is 11.3 Å². The van der Waals surface area contributed by atoms with Gasteiger partial charge in [0.2, 0.25) is 0 Å². The molecule has 1 aromatic heterocycles. The van der Waals surface area contributed by atoms with Gasteiger partial charge < -0.3 is 5.32 Å². The molecule has 3 atom stereocenters. The molecule has 17 heavy (non-hydrogen) atoms. The largest absolute Gasteiger partial charge is 0.305 e. The standard InChI is InChI=1S/C14H24N2S/c1-4-7-16-14(13-15-8-9-17-13)6-5-11(2)10-12(14)3/h8-9,11-12,16H,4-7,10H2,1-3H3. The molecule has 1 N–H and O–H groups in total. The maximum atomic E-state index is 4.60. The van der Waals surface area contributed by atoms with Gasteiger partial charge in [0, 0.05) is 11.6 Å². The molecule has 0 aliphatic heterocycles. The Kier molecular flexibility index (Phi) is 4.21. The lowest BCUT2D eigenvalue weighted by Gasteiger charge is -2.44. The van der Waals surface area contributed by atoms with E-state index in [9.17, 15) is 0 Å². The van der Waals surface area contributed by atoms with Crippen LogP contribution >= 0.6 is 11.3 Å². The quantitative estimate of drug-likeness (QED) is 0.882. The van der Waals surface area contributed by atoms with E-state index in [0.29, 0.717) is 5.92 Å². The molecule has 0 amide bonds. The van der Waals surface area contributed by atoms with Crippen LogP contribution in [-0.4, -0.2) is 11.5 Å². The van der Waals surface area contributed by atoms with E-state index in [1.165, 1.54) is 30.7 Å². The number of nitrogens with one attached hydrogen (secondary N) is 1. The van der Waals surface area contributed by atoms with Crippen molar-refractivity contribution in [2.24, 2.45) is 11.8 Å². The maximum Gasteiger partial charge on any atom is 0.113 e. The van der Waals surface area contributed by atoms with Gasteiger partial charge in [0.05, 0.1) is 5.54 Å². The van der Waals surface area contributed by atoms with Gasteiger partial charge in [0.25, 0.3) is 0 Å². The van der Waals surface area contributed by atoms with E-state index in [4.69, 9.17) is 0 Å². The molecule has 0 radical (unpaired) electrons. The Morgan fingerprint density at radius 3 is 2.94 bits per heavy atom. The molecule has 1 fully saturated rings. The number of nitrogens with zero attached hydrogens (tertiary/aromatic N) is 1. The van der Waals surface area contributed by atoms with Crippen LogP contribution in [0.25, 0.3) is 0 Å². The van der Waals surface area contributed by atoms with Gasteiger partial charge in [-0.05, 0) is 44.1 Å². The summed E-state index contributed by atoms with van der Waals surface area (Å²) in [6.45, 7) is 8.10. The second-order valence-electron chi connectivity index (χ2n) is 5.52. The summed E-state index contributed by atoms with van der Waals surface area (Å²) < 4.78 is 0. The molecule has 1 heterocycles. The highest BCUT2D eigenvalue weighted by Gasteiger charge is 2.42. The summed E-state index contributed by atoms with van der Waals surface area (Å²) in [7, 11) is 0. The summed E-state index contributed by atoms with van der Waals surface area (Å²) in [5.74, 6) is 1.55. The molecule has 0 bridgehead atoms. The van der Waals surface area contributed by atoms with Crippen LogP contribution in [0, 0.1) is 11.8 Å². The predicted octanol–water partition coefficient (Wildman–Crippen LogP) is 3.79. The van der Waals surface area contributed by atoms with Crippen molar-refractivity contribution in [3.8, 4) is 0 Å². The third-order valence-electron chi connectivity index (χ3n) is 4.13. The molecule has 1 aliphatic carbocycles. The lowest BCUT2D eigenvalue weighted by molar-refractivity contribution is 0.122. The number of thiazole rings is 1. The summed E-state index contributed by atoms with van der Waals surface area (Å²) in [5, 5.41) is 7.21. The van der Waals surface area contributed by atoms with Crippen LogP contribution in [0.15, 0.2) is 11.6 Å². The summed E-state index contributed by atoms with van der Waals surface area (Å²) >= 11 is 1.81. The molecule has 1 aromatic rings. The summed E-state index contributed by atoms with van der Waals surface area (Å²) in [5.41, 5.74) is 0.149. The molecule has 0 aromatic carbocycles. The molecular formula is C14H24N2S. The van der Waals surface area contributed by atoms with Gasteiger partial charge in [0.15, 0.2) is 0 Å². The van der Waals surface area contributed by atoms with Crippen LogP contribution in [0.1, 0.15) is 51.5 Å². The summed E-state index contributed by atoms with van der Waals surface area (Å²) in [6, 6.07) is 0. The second kappa shape index (κ2) is 5.49. The molecule has 1 aliphatic rings. The normalized spacial score (nSPS) is 33.8. The summed E-state index contributed by atoms with van der Waals surface area (Å²) in [4.78, 5) is 4.60. The Labute approximate surface area is 109 Å². The average molecular weight is 252 g/mol. The zero-order valence-corrected chi connectivity index (χ0v) is 12.0. The number of hydrogen-bond acceptors (Lipinski definition) is 3. The Morgan fingerprint density at radius 1 is 1.53 bits per heavy atom. The smallest absolute Gasteiger partial charge is 0.113 e. The van der Waals surface area contributed by atoms with E-state index >= 15 is 0 Å². The Balaban J connectivity index is 2.23. The van der Waals surface area contributed by atoms with Crippen molar-refractivity contribution in [3.63, 3.8) is 0 Å². The van der Waals surface area contributed by atoms with Gasteiger partial charge in [-0.25, -0.2) is 4.98 Å². The predicted molar refractivity (Wildman–Crippen MR) is 74.3 cm³/mol. The zero-order valence-electron chi connectivity index (χ0n) is 11.2. The molecule has 2 nitrogen and oxygen atoms in total. The number of rotatable bonds is 4. The highest BCUT2D eigenvalue weighted by Crippen LogP contribution is 2.44. The molecule has 3 unspecified atom stereocenters. The van der Waals surface area contributed by atoms with Crippen molar-refractivity contribution in [1.29, 1.82) is 0 Å². The number of hydrogen-bond donors (Lipinski definition) is 1. The molecule has 1 saturated carbocycles. The topological polar surface area (TPSA) is 24.9 Å².